The molecule has 1 aliphatic rings. The molecule has 1 aromatic rings. The minimum atomic E-state index is -0.0247. The van der Waals surface area contributed by atoms with Gasteiger partial charge >= 0.3 is 0 Å². The van der Waals surface area contributed by atoms with Crippen LogP contribution in [0.25, 0.3) is 0 Å². The first-order valence-electron chi connectivity index (χ1n) is 7.09. The number of nitrogens with zero attached hydrogens (tertiary/aromatic N) is 3. The molecule has 0 aliphatic carbocycles. The number of nitrogens with one attached hydrogen (secondary N) is 1. The first-order valence-corrected chi connectivity index (χ1v) is 7.09. The molecule has 1 saturated heterocycles. The van der Waals surface area contributed by atoms with E-state index in [0.717, 1.165) is 31.9 Å². The van der Waals surface area contributed by atoms with Crippen molar-refractivity contribution in [3.05, 3.63) is 24.3 Å². The normalized spacial score (nSPS) is 15.5. The van der Waals surface area contributed by atoms with Crippen LogP contribution in [0.5, 0.6) is 5.75 Å². The van der Waals surface area contributed by atoms with Crippen LogP contribution >= 0.6 is 0 Å². The third-order valence-electron chi connectivity index (χ3n) is 3.51. The molecule has 1 aliphatic heterocycles. The summed E-state index contributed by atoms with van der Waals surface area (Å²) in [6.07, 6.45) is 0.348. The van der Waals surface area contributed by atoms with Crippen molar-refractivity contribution >= 4 is 11.6 Å². The van der Waals surface area contributed by atoms with Gasteiger partial charge in [-0.3, -0.25) is 9.69 Å². The van der Waals surface area contributed by atoms with Crippen molar-refractivity contribution in [1.29, 1.82) is 5.26 Å². The number of hydrogen-bond donors (Lipinski definition) is 2. The highest BCUT2D eigenvalue weighted by Gasteiger charge is 2.18. The van der Waals surface area contributed by atoms with E-state index in [9.17, 15) is 9.90 Å². The van der Waals surface area contributed by atoms with Gasteiger partial charge in [0.1, 0.15) is 5.75 Å². The van der Waals surface area contributed by atoms with Gasteiger partial charge in [-0.25, -0.2) is 0 Å². The predicted octanol–water partition coefficient (Wildman–Crippen LogP) is 0.544. The topological polar surface area (TPSA) is 79.6 Å². The highest BCUT2D eigenvalue weighted by atomic mass is 16.3. The van der Waals surface area contributed by atoms with Gasteiger partial charge in [-0.05, 0) is 24.3 Å². The highest BCUT2D eigenvalue weighted by molar-refractivity contribution is 5.78. The zero-order chi connectivity index (χ0) is 15.1. The van der Waals surface area contributed by atoms with Gasteiger partial charge in [-0.1, -0.05) is 0 Å². The number of phenols is 1. The summed E-state index contributed by atoms with van der Waals surface area (Å²) in [5.74, 6) is 0.245. The summed E-state index contributed by atoms with van der Waals surface area (Å²) in [5.41, 5.74) is 1.09. The number of anilines is 1. The molecular formula is C15H20N4O2. The van der Waals surface area contributed by atoms with Crippen LogP contribution in [0.15, 0.2) is 24.3 Å². The number of rotatable bonds is 5. The van der Waals surface area contributed by atoms with Crippen LogP contribution in [0.3, 0.4) is 0 Å². The molecule has 6 nitrogen and oxygen atoms in total. The molecule has 1 heterocycles. The molecule has 1 amide bonds. The fourth-order valence-electron chi connectivity index (χ4n) is 2.34. The van der Waals surface area contributed by atoms with Gasteiger partial charge in [0.15, 0.2) is 0 Å². The second kappa shape index (κ2) is 7.50. The molecule has 2 rings (SSSR count). The van der Waals surface area contributed by atoms with Crippen molar-refractivity contribution in [1.82, 2.24) is 10.2 Å². The maximum Gasteiger partial charge on any atom is 0.234 e. The van der Waals surface area contributed by atoms with E-state index in [1.54, 1.807) is 12.1 Å². The lowest BCUT2D eigenvalue weighted by Crippen LogP contribution is -2.49. The van der Waals surface area contributed by atoms with Crippen molar-refractivity contribution in [2.24, 2.45) is 0 Å². The number of carbonyl (C=O) groups is 1. The van der Waals surface area contributed by atoms with Gasteiger partial charge in [-0.15, -0.1) is 0 Å². The van der Waals surface area contributed by atoms with E-state index in [-0.39, 0.29) is 11.7 Å². The standard InChI is InChI=1S/C15H20N4O2/c16-6-1-7-17-15(21)12-18-8-10-19(11-9-18)13-2-4-14(20)5-3-13/h2-5,20H,1,7-12H2,(H,17,21). The maximum atomic E-state index is 11.7. The number of phenolic OH excluding ortho intramolecular Hbond substituents is 1. The molecule has 0 aromatic heterocycles. The monoisotopic (exact) mass is 288 g/mol. The second-order valence-electron chi connectivity index (χ2n) is 5.04. The Morgan fingerprint density at radius 2 is 1.90 bits per heavy atom. The zero-order valence-electron chi connectivity index (χ0n) is 12.0. The summed E-state index contributed by atoms with van der Waals surface area (Å²) in [6, 6.07) is 9.18. The Bertz CT molecular complexity index is 501. The summed E-state index contributed by atoms with van der Waals surface area (Å²) in [6.45, 7) is 4.17. The minimum Gasteiger partial charge on any atom is -0.508 e. The first-order chi connectivity index (χ1) is 10.2. The lowest BCUT2D eigenvalue weighted by Gasteiger charge is -2.35. The quantitative estimate of drug-likeness (QED) is 0.773. The fraction of sp³-hybridized carbons (Fsp3) is 0.467. The summed E-state index contributed by atoms with van der Waals surface area (Å²) in [7, 11) is 0. The van der Waals surface area contributed by atoms with E-state index in [0.29, 0.717) is 19.5 Å². The lowest BCUT2D eigenvalue weighted by molar-refractivity contribution is -0.122. The second-order valence-corrected chi connectivity index (χ2v) is 5.04. The Labute approximate surface area is 124 Å². The van der Waals surface area contributed by atoms with Gasteiger partial charge in [0.05, 0.1) is 19.0 Å². The third-order valence-corrected chi connectivity index (χ3v) is 3.51. The van der Waals surface area contributed by atoms with E-state index in [2.05, 4.69) is 15.1 Å². The van der Waals surface area contributed by atoms with E-state index >= 15 is 0 Å². The summed E-state index contributed by atoms with van der Waals surface area (Å²) >= 11 is 0. The predicted molar refractivity (Wildman–Crippen MR) is 80.0 cm³/mol. The van der Waals surface area contributed by atoms with Crippen molar-refractivity contribution in [3.63, 3.8) is 0 Å². The Hall–Kier alpha value is -2.26. The summed E-state index contributed by atoms with van der Waals surface area (Å²) in [4.78, 5) is 16.0. The van der Waals surface area contributed by atoms with Gasteiger partial charge in [0.2, 0.25) is 5.91 Å². The van der Waals surface area contributed by atoms with Crippen LogP contribution in [-0.4, -0.2) is 55.2 Å². The molecule has 1 fully saturated rings. The maximum absolute atomic E-state index is 11.7. The molecular weight excluding hydrogens is 268 g/mol. The number of carbonyl (C=O) groups excluding carboxylic acids is 1. The SMILES string of the molecule is N#CCCNC(=O)CN1CCN(c2ccc(O)cc2)CC1. The lowest BCUT2D eigenvalue weighted by atomic mass is 10.2. The average molecular weight is 288 g/mol. The Morgan fingerprint density at radius 3 is 2.52 bits per heavy atom. The molecule has 0 spiro atoms. The van der Waals surface area contributed by atoms with Gasteiger partial charge < -0.3 is 15.3 Å². The van der Waals surface area contributed by atoms with E-state index in [1.807, 2.05) is 18.2 Å². The molecule has 0 unspecified atom stereocenters. The minimum absolute atomic E-state index is 0.0247. The average Bonchev–Trinajstić information content (AvgIpc) is 2.49. The molecule has 2 N–H and O–H groups in total. The van der Waals surface area contributed by atoms with Gasteiger partial charge in [-0.2, -0.15) is 5.26 Å². The Morgan fingerprint density at radius 1 is 1.24 bits per heavy atom. The molecule has 6 heteroatoms. The molecule has 1 aromatic carbocycles. The van der Waals surface area contributed by atoms with Gasteiger partial charge in [0, 0.05) is 38.4 Å². The number of hydrogen-bond acceptors (Lipinski definition) is 5. The first kappa shape index (κ1) is 15.1. The molecule has 112 valence electrons. The van der Waals surface area contributed by atoms with Crippen molar-refractivity contribution < 1.29 is 9.90 Å². The van der Waals surface area contributed by atoms with Crippen LogP contribution in [0.1, 0.15) is 6.42 Å². The molecule has 21 heavy (non-hydrogen) atoms. The smallest absolute Gasteiger partial charge is 0.234 e. The number of amides is 1. The fourth-order valence-corrected chi connectivity index (χ4v) is 2.34. The van der Waals surface area contributed by atoms with Crippen LogP contribution in [0.4, 0.5) is 5.69 Å². The Kier molecular flexibility index (Phi) is 5.41. The molecule has 0 bridgehead atoms. The number of nitriles is 1. The molecule has 0 radical (unpaired) electrons. The van der Waals surface area contributed by atoms with Crippen molar-refractivity contribution in [3.8, 4) is 11.8 Å². The van der Waals surface area contributed by atoms with Crippen LogP contribution in [0, 0.1) is 11.3 Å². The number of piperazine rings is 1. The summed E-state index contributed by atoms with van der Waals surface area (Å²) in [5, 5.41) is 20.5. The van der Waals surface area contributed by atoms with Crippen LogP contribution < -0.4 is 10.2 Å². The number of benzene rings is 1. The Balaban J connectivity index is 1.74. The zero-order valence-corrected chi connectivity index (χ0v) is 12.0. The highest BCUT2D eigenvalue weighted by Crippen LogP contribution is 2.19. The van der Waals surface area contributed by atoms with Crippen LogP contribution in [-0.2, 0) is 4.79 Å². The molecule has 0 atom stereocenters. The van der Waals surface area contributed by atoms with E-state index < -0.39 is 0 Å². The van der Waals surface area contributed by atoms with E-state index in [1.165, 1.54) is 0 Å². The summed E-state index contributed by atoms with van der Waals surface area (Å²) < 4.78 is 0. The van der Waals surface area contributed by atoms with Gasteiger partial charge in [0.25, 0.3) is 0 Å². The van der Waals surface area contributed by atoms with Crippen LogP contribution in [0.2, 0.25) is 0 Å². The number of aromatic hydroxyl groups is 1. The van der Waals surface area contributed by atoms with E-state index in [4.69, 9.17) is 5.26 Å². The van der Waals surface area contributed by atoms with Crippen molar-refractivity contribution in [2.45, 2.75) is 6.42 Å². The molecule has 0 saturated carbocycles. The largest absolute Gasteiger partial charge is 0.508 e. The van der Waals surface area contributed by atoms with Crippen molar-refractivity contribution in [2.75, 3.05) is 44.2 Å². The third kappa shape index (κ3) is 4.65.